The maximum absolute atomic E-state index is 12.4. The highest BCUT2D eigenvalue weighted by atomic mass is 19.3. The van der Waals surface area contributed by atoms with Crippen LogP contribution in [0, 0.1) is 18.3 Å². The summed E-state index contributed by atoms with van der Waals surface area (Å²) in [4.78, 5) is 22.4. The van der Waals surface area contributed by atoms with Gasteiger partial charge in [0.25, 0.3) is 6.43 Å². The lowest BCUT2D eigenvalue weighted by molar-refractivity contribution is -0.130. The molecule has 154 valence electrons. The monoisotopic (exact) mass is 404 g/mol. The van der Waals surface area contributed by atoms with Gasteiger partial charge in [0.15, 0.2) is 0 Å². The number of hydrogen-bond donors (Lipinski definition) is 2. The summed E-state index contributed by atoms with van der Waals surface area (Å²) in [5.74, 6) is 0.764. The van der Waals surface area contributed by atoms with Crippen LogP contribution < -0.4 is 10.6 Å². The standard InChI is InChI=1S/C18H22F2N8O/c1-12-7-23-18(25-13-8-24-27(10-13)11-15(19)20)26-17(12)22-9-14-3-2-6-28(14)16(29)4-5-21/h7-8,10,14-15H,2-4,6,9,11H2,1H3,(H2,22,23,25,26)/t14-/m1/s1. The number of nitrogens with zero attached hydrogens (tertiary/aromatic N) is 6. The third-order valence-corrected chi connectivity index (χ3v) is 4.62. The first-order valence-corrected chi connectivity index (χ1v) is 9.28. The number of halogens is 2. The lowest BCUT2D eigenvalue weighted by atomic mass is 10.2. The van der Waals surface area contributed by atoms with Crippen molar-refractivity contribution >= 4 is 23.4 Å². The van der Waals surface area contributed by atoms with E-state index in [-0.39, 0.29) is 18.4 Å². The molecule has 29 heavy (non-hydrogen) atoms. The van der Waals surface area contributed by atoms with Gasteiger partial charge in [0.05, 0.1) is 18.0 Å². The van der Waals surface area contributed by atoms with Crippen molar-refractivity contribution < 1.29 is 13.6 Å². The van der Waals surface area contributed by atoms with Crippen LogP contribution in [-0.4, -0.2) is 56.1 Å². The quantitative estimate of drug-likeness (QED) is 0.694. The average molecular weight is 404 g/mol. The SMILES string of the molecule is Cc1cnc(Nc2cnn(CC(F)F)c2)nc1NC[C@H]1CCCN1C(=O)CC#N. The smallest absolute Gasteiger partial charge is 0.257 e. The topological polar surface area (TPSA) is 112 Å². The van der Waals surface area contributed by atoms with Crippen molar-refractivity contribution in [2.24, 2.45) is 0 Å². The first-order valence-electron chi connectivity index (χ1n) is 9.28. The Hall–Kier alpha value is -3.29. The van der Waals surface area contributed by atoms with Gasteiger partial charge in [-0.2, -0.15) is 15.3 Å². The van der Waals surface area contributed by atoms with Gasteiger partial charge >= 0.3 is 0 Å². The number of nitriles is 1. The van der Waals surface area contributed by atoms with Gasteiger partial charge < -0.3 is 15.5 Å². The van der Waals surface area contributed by atoms with Crippen molar-refractivity contribution in [1.82, 2.24) is 24.6 Å². The van der Waals surface area contributed by atoms with Gasteiger partial charge in [-0.25, -0.2) is 13.8 Å². The predicted octanol–water partition coefficient (Wildman–Crippen LogP) is 2.31. The van der Waals surface area contributed by atoms with Crippen LogP contribution in [-0.2, 0) is 11.3 Å². The molecule has 1 fully saturated rings. The Labute approximate surface area is 166 Å². The number of carbonyl (C=O) groups excluding carboxylic acids is 1. The summed E-state index contributed by atoms with van der Waals surface area (Å²) in [6.07, 6.45) is 3.70. The van der Waals surface area contributed by atoms with E-state index in [1.807, 2.05) is 13.0 Å². The van der Waals surface area contributed by atoms with Crippen molar-refractivity contribution in [3.8, 4) is 6.07 Å². The van der Waals surface area contributed by atoms with E-state index in [0.29, 0.717) is 30.5 Å². The highest BCUT2D eigenvalue weighted by Gasteiger charge is 2.28. The molecule has 9 nitrogen and oxygen atoms in total. The number of alkyl halides is 2. The van der Waals surface area contributed by atoms with Crippen molar-refractivity contribution in [3.63, 3.8) is 0 Å². The normalized spacial score (nSPS) is 16.1. The van der Waals surface area contributed by atoms with E-state index in [0.717, 1.165) is 23.1 Å². The molecule has 0 aliphatic carbocycles. The first kappa shape index (κ1) is 20.4. The zero-order valence-electron chi connectivity index (χ0n) is 16.0. The van der Waals surface area contributed by atoms with E-state index in [9.17, 15) is 13.6 Å². The molecule has 0 unspecified atom stereocenters. The summed E-state index contributed by atoms with van der Waals surface area (Å²) in [5, 5.41) is 18.8. The second kappa shape index (κ2) is 9.27. The second-order valence-electron chi connectivity index (χ2n) is 6.79. The third-order valence-electron chi connectivity index (χ3n) is 4.62. The summed E-state index contributed by atoms with van der Waals surface area (Å²) in [5.41, 5.74) is 1.33. The molecule has 1 atom stereocenters. The number of rotatable bonds is 8. The summed E-state index contributed by atoms with van der Waals surface area (Å²) in [7, 11) is 0. The Bertz CT molecular complexity index is 894. The van der Waals surface area contributed by atoms with E-state index in [1.54, 1.807) is 11.1 Å². The highest BCUT2D eigenvalue weighted by molar-refractivity contribution is 5.78. The number of aryl methyl sites for hydroxylation is 1. The van der Waals surface area contributed by atoms with Crippen LogP contribution in [0.5, 0.6) is 0 Å². The van der Waals surface area contributed by atoms with Crippen LogP contribution in [0.3, 0.4) is 0 Å². The first-order chi connectivity index (χ1) is 14.0. The van der Waals surface area contributed by atoms with Gasteiger partial charge in [-0.3, -0.25) is 9.48 Å². The minimum atomic E-state index is -2.48. The minimum absolute atomic E-state index is 0.00852. The lowest BCUT2D eigenvalue weighted by Crippen LogP contribution is -2.39. The van der Waals surface area contributed by atoms with Crippen molar-refractivity contribution in [1.29, 1.82) is 5.26 Å². The van der Waals surface area contributed by atoms with Crippen LogP contribution in [0.1, 0.15) is 24.8 Å². The molecule has 2 N–H and O–H groups in total. The van der Waals surface area contributed by atoms with Gasteiger partial charge in [0, 0.05) is 37.1 Å². The molecule has 0 spiro atoms. The van der Waals surface area contributed by atoms with Gasteiger partial charge in [-0.05, 0) is 19.8 Å². The number of aromatic nitrogens is 4. The molecule has 3 rings (SSSR count). The van der Waals surface area contributed by atoms with Gasteiger partial charge in [0.1, 0.15) is 18.8 Å². The Morgan fingerprint density at radius 2 is 2.28 bits per heavy atom. The largest absolute Gasteiger partial charge is 0.368 e. The molecule has 11 heteroatoms. The Kier molecular flexibility index (Phi) is 6.54. The summed E-state index contributed by atoms with van der Waals surface area (Å²) in [6.45, 7) is 2.55. The number of amides is 1. The molecule has 1 saturated heterocycles. The summed E-state index contributed by atoms with van der Waals surface area (Å²) in [6, 6.07) is 1.91. The summed E-state index contributed by atoms with van der Waals surface area (Å²) < 4.78 is 26.0. The minimum Gasteiger partial charge on any atom is -0.368 e. The molecule has 0 aromatic carbocycles. The molecular formula is C18H22F2N8O. The van der Waals surface area contributed by atoms with E-state index < -0.39 is 13.0 Å². The zero-order chi connectivity index (χ0) is 20.8. The van der Waals surface area contributed by atoms with Crippen LogP contribution in [0.4, 0.5) is 26.2 Å². The molecule has 2 aromatic rings. The van der Waals surface area contributed by atoms with Crippen LogP contribution >= 0.6 is 0 Å². The van der Waals surface area contributed by atoms with Crippen molar-refractivity contribution in [2.45, 2.75) is 45.2 Å². The second-order valence-corrected chi connectivity index (χ2v) is 6.79. The van der Waals surface area contributed by atoms with E-state index in [4.69, 9.17) is 5.26 Å². The van der Waals surface area contributed by atoms with Gasteiger partial charge in [-0.1, -0.05) is 0 Å². The molecule has 3 heterocycles. The molecule has 0 bridgehead atoms. The average Bonchev–Trinajstić information content (AvgIpc) is 3.31. The van der Waals surface area contributed by atoms with Crippen molar-refractivity contribution in [3.05, 3.63) is 24.2 Å². The maximum atomic E-state index is 12.4. The van der Waals surface area contributed by atoms with Gasteiger partial charge in [-0.15, -0.1) is 0 Å². The van der Waals surface area contributed by atoms with E-state index in [2.05, 4.69) is 25.7 Å². The number of likely N-dealkylation sites (tertiary alicyclic amines) is 1. The summed E-state index contributed by atoms with van der Waals surface area (Å²) >= 11 is 0. The predicted molar refractivity (Wildman–Crippen MR) is 102 cm³/mol. The van der Waals surface area contributed by atoms with Gasteiger partial charge in [0.2, 0.25) is 11.9 Å². The lowest BCUT2D eigenvalue weighted by Gasteiger charge is -2.24. The fourth-order valence-electron chi connectivity index (χ4n) is 3.24. The molecule has 1 amide bonds. The fraction of sp³-hybridized carbons (Fsp3) is 0.500. The van der Waals surface area contributed by atoms with Crippen molar-refractivity contribution in [2.75, 3.05) is 23.7 Å². The molecule has 1 aliphatic rings. The highest BCUT2D eigenvalue weighted by Crippen LogP contribution is 2.21. The number of hydrogen-bond acceptors (Lipinski definition) is 7. The Morgan fingerprint density at radius 3 is 3.03 bits per heavy atom. The maximum Gasteiger partial charge on any atom is 0.257 e. The van der Waals surface area contributed by atoms with Crippen LogP contribution in [0.2, 0.25) is 0 Å². The number of nitrogens with one attached hydrogen (secondary N) is 2. The van der Waals surface area contributed by atoms with E-state index >= 15 is 0 Å². The number of anilines is 3. The molecular weight excluding hydrogens is 382 g/mol. The van der Waals surface area contributed by atoms with Crippen LogP contribution in [0.25, 0.3) is 0 Å². The molecule has 2 aromatic heterocycles. The zero-order valence-corrected chi connectivity index (χ0v) is 16.0. The fourth-order valence-corrected chi connectivity index (χ4v) is 3.24. The van der Waals surface area contributed by atoms with Crippen LogP contribution in [0.15, 0.2) is 18.6 Å². The molecule has 0 saturated carbocycles. The van der Waals surface area contributed by atoms with E-state index in [1.165, 1.54) is 12.4 Å². The Balaban J connectivity index is 1.62. The molecule has 0 radical (unpaired) electrons. The Morgan fingerprint density at radius 1 is 1.45 bits per heavy atom. The molecule has 1 aliphatic heterocycles. The number of carbonyl (C=O) groups is 1. The third kappa shape index (κ3) is 5.37.